The van der Waals surface area contributed by atoms with Crippen molar-refractivity contribution in [2.24, 2.45) is 0 Å². The van der Waals surface area contributed by atoms with E-state index in [-0.39, 0.29) is 0 Å². The normalized spacial score (nSPS) is 13.1. The van der Waals surface area contributed by atoms with Gasteiger partial charge < -0.3 is 20.3 Å². The van der Waals surface area contributed by atoms with Crippen LogP contribution < -0.4 is 10.6 Å². The van der Waals surface area contributed by atoms with E-state index >= 15 is 0 Å². The molecular formula is C11H25N3O. The standard InChI is InChI=1S/C11H25N3O/c1-5-12-6-7-13-11(2)10-15-9-8-14(3)4/h8-9,11-13H,5-7,10H2,1-4H3/b9-8-. The van der Waals surface area contributed by atoms with Crippen LogP contribution in [0.2, 0.25) is 0 Å². The highest BCUT2D eigenvalue weighted by Gasteiger charge is 1.98. The number of nitrogens with zero attached hydrogens (tertiary/aromatic N) is 1. The maximum atomic E-state index is 5.36. The summed E-state index contributed by atoms with van der Waals surface area (Å²) in [6.45, 7) is 7.95. The molecule has 0 radical (unpaired) electrons. The molecule has 15 heavy (non-hydrogen) atoms. The molecule has 0 aliphatic heterocycles. The largest absolute Gasteiger partial charge is 0.498 e. The van der Waals surface area contributed by atoms with Gasteiger partial charge in [0.05, 0.1) is 6.26 Å². The average molecular weight is 215 g/mol. The Balaban J connectivity index is 3.29. The lowest BCUT2D eigenvalue weighted by molar-refractivity contribution is 0.212. The van der Waals surface area contributed by atoms with E-state index in [2.05, 4.69) is 24.5 Å². The molecule has 0 aromatic rings. The molecule has 0 rings (SSSR count). The van der Waals surface area contributed by atoms with Crippen molar-refractivity contribution in [2.45, 2.75) is 19.9 Å². The van der Waals surface area contributed by atoms with Crippen molar-refractivity contribution in [1.29, 1.82) is 0 Å². The van der Waals surface area contributed by atoms with Gasteiger partial charge in [0.2, 0.25) is 0 Å². The highest BCUT2D eigenvalue weighted by molar-refractivity contribution is 4.71. The smallest absolute Gasteiger partial charge is 0.102 e. The monoisotopic (exact) mass is 215 g/mol. The van der Waals surface area contributed by atoms with Crippen molar-refractivity contribution in [3.63, 3.8) is 0 Å². The Kier molecular flexibility index (Phi) is 9.32. The average Bonchev–Trinajstić information content (AvgIpc) is 2.19. The summed E-state index contributed by atoms with van der Waals surface area (Å²) in [6, 6.07) is 0.385. The molecule has 1 atom stereocenters. The van der Waals surface area contributed by atoms with Crippen LogP contribution in [0.25, 0.3) is 0 Å². The second kappa shape index (κ2) is 9.80. The van der Waals surface area contributed by atoms with Crippen molar-refractivity contribution in [2.75, 3.05) is 40.3 Å². The van der Waals surface area contributed by atoms with Crippen LogP contribution in [0.4, 0.5) is 0 Å². The number of ether oxygens (including phenoxy) is 1. The number of nitrogens with one attached hydrogen (secondary N) is 2. The second-order valence-corrected chi connectivity index (χ2v) is 3.79. The van der Waals surface area contributed by atoms with Gasteiger partial charge in [-0.15, -0.1) is 0 Å². The minimum absolute atomic E-state index is 0.385. The molecule has 0 saturated carbocycles. The van der Waals surface area contributed by atoms with Gasteiger partial charge in [0.1, 0.15) is 6.61 Å². The van der Waals surface area contributed by atoms with Crippen LogP contribution in [0.15, 0.2) is 12.5 Å². The zero-order chi connectivity index (χ0) is 11.5. The Morgan fingerprint density at radius 3 is 2.67 bits per heavy atom. The minimum atomic E-state index is 0.385. The predicted octanol–water partition coefficient (Wildman–Crippen LogP) is 0.623. The fourth-order valence-electron chi connectivity index (χ4n) is 1.01. The Morgan fingerprint density at radius 1 is 1.33 bits per heavy atom. The molecule has 0 fully saturated rings. The predicted molar refractivity (Wildman–Crippen MR) is 64.8 cm³/mol. The molecule has 0 heterocycles. The van der Waals surface area contributed by atoms with Crippen LogP contribution in [-0.2, 0) is 4.74 Å². The van der Waals surface area contributed by atoms with Crippen LogP contribution in [0, 0.1) is 0 Å². The first-order valence-corrected chi connectivity index (χ1v) is 5.55. The lowest BCUT2D eigenvalue weighted by atomic mass is 10.3. The summed E-state index contributed by atoms with van der Waals surface area (Å²) in [5.41, 5.74) is 0. The number of hydrogen-bond donors (Lipinski definition) is 2. The van der Waals surface area contributed by atoms with Gasteiger partial charge in [-0.05, 0) is 13.5 Å². The molecular weight excluding hydrogens is 190 g/mol. The Bertz CT molecular complexity index is 160. The third-order valence-corrected chi connectivity index (χ3v) is 1.85. The van der Waals surface area contributed by atoms with Gasteiger partial charge in [-0.1, -0.05) is 6.92 Å². The van der Waals surface area contributed by atoms with Gasteiger partial charge in [-0.3, -0.25) is 0 Å². The summed E-state index contributed by atoms with van der Waals surface area (Å²) in [5.74, 6) is 0. The van der Waals surface area contributed by atoms with Crippen LogP contribution in [0.1, 0.15) is 13.8 Å². The van der Waals surface area contributed by atoms with Crippen LogP contribution in [-0.4, -0.2) is 51.3 Å². The maximum Gasteiger partial charge on any atom is 0.102 e. The van der Waals surface area contributed by atoms with Crippen molar-refractivity contribution >= 4 is 0 Å². The van der Waals surface area contributed by atoms with E-state index in [1.165, 1.54) is 0 Å². The molecule has 0 aliphatic rings. The molecule has 90 valence electrons. The minimum Gasteiger partial charge on any atom is -0.498 e. The summed E-state index contributed by atoms with van der Waals surface area (Å²) in [4.78, 5) is 1.95. The lowest BCUT2D eigenvalue weighted by Crippen LogP contribution is -2.35. The molecule has 0 amide bonds. The van der Waals surface area contributed by atoms with Crippen molar-refractivity contribution in [3.05, 3.63) is 12.5 Å². The first kappa shape index (κ1) is 14.3. The van der Waals surface area contributed by atoms with Crippen molar-refractivity contribution in [1.82, 2.24) is 15.5 Å². The summed E-state index contributed by atoms with van der Waals surface area (Å²) >= 11 is 0. The fraction of sp³-hybridized carbons (Fsp3) is 0.818. The molecule has 4 nitrogen and oxygen atoms in total. The fourth-order valence-corrected chi connectivity index (χ4v) is 1.01. The quantitative estimate of drug-likeness (QED) is 0.437. The molecule has 0 saturated heterocycles. The van der Waals surface area contributed by atoms with Gasteiger partial charge in [0, 0.05) is 39.4 Å². The van der Waals surface area contributed by atoms with Crippen LogP contribution >= 0.6 is 0 Å². The highest BCUT2D eigenvalue weighted by atomic mass is 16.5. The third kappa shape index (κ3) is 11.2. The lowest BCUT2D eigenvalue weighted by Gasteiger charge is -2.13. The van der Waals surface area contributed by atoms with E-state index in [4.69, 9.17) is 4.74 Å². The van der Waals surface area contributed by atoms with Crippen LogP contribution in [0.3, 0.4) is 0 Å². The van der Waals surface area contributed by atoms with Crippen molar-refractivity contribution < 1.29 is 4.74 Å². The van der Waals surface area contributed by atoms with Crippen molar-refractivity contribution in [3.8, 4) is 0 Å². The van der Waals surface area contributed by atoms with Gasteiger partial charge >= 0.3 is 0 Å². The van der Waals surface area contributed by atoms with E-state index in [1.54, 1.807) is 6.26 Å². The first-order chi connectivity index (χ1) is 7.16. The van der Waals surface area contributed by atoms with E-state index in [9.17, 15) is 0 Å². The van der Waals surface area contributed by atoms with E-state index < -0.39 is 0 Å². The van der Waals surface area contributed by atoms with Gasteiger partial charge in [-0.2, -0.15) is 0 Å². The van der Waals surface area contributed by atoms with E-state index in [0.717, 1.165) is 19.6 Å². The summed E-state index contributed by atoms with van der Waals surface area (Å²) in [5, 5.41) is 6.63. The Morgan fingerprint density at radius 2 is 2.07 bits per heavy atom. The zero-order valence-electron chi connectivity index (χ0n) is 10.4. The molecule has 0 bridgehead atoms. The summed E-state index contributed by atoms with van der Waals surface area (Å²) in [7, 11) is 3.94. The summed E-state index contributed by atoms with van der Waals surface area (Å²) < 4.78 is 5.36. The van der Waals surface area contributed by atoms with Gasteiger partial charge in [-0.25, -0.2) is 0 Å². The number of rotatable bonds is 9. The third-order valence-electron chi connectivity index (χ3n) is 1.85. The molecule has 0 aromatic heterocycles. The molecule has 0 aliphatic carbocycles. The van der Waals surface area contributed by atoms with E-state index in [1.807, 2.05) is 25.2 Å². The highest BCUT2D eigenvalue weighted by Crippen LogP contribution is 1.86. The number of hydrogen-bond acceptors (Lipinski definition) is 4. The first-order valence-electron chi connectivity index (χ1n) is 5.55. The number of likely N-dealkylation sites (N-methyl/N-ethyl adjacent to an activating group) is 1. The SMILES string of the molecule is CCNCCNC(C)CO/C=C\N(C)C. The molecule has 0 aromatic carbocycles. The maximum absolute atomic E-state index is 5.36. The Labute approximate surface area is 93.7 Å². The van der Waals surface area contributed by atoms with Crippen LogP contribution in [0.5, 0.6) is 0 Å². The molecule has 2 N–H and O–H groups in total. The topological polar surface area (TPSA) is 36.5 Å². The molecule has 0 spiro atoms. The summed E-state index contributed by atoms with van der Waals surface area (Å²) in [6.07, 6.45) is 3.62. The zero-order valence-corrected chi connectivity index (χ0v) is 10.4. The second-order valence-electron chi connectivity index (χ2n) is 3.79. The molecule has 4 heteroatoms. The Hall–Kier alpha value is -0.740. The van der Waals surface area contributed by atoms with Gasteiger partial charge in [0.25, 0.3) is 0 Å². The molecule has 1 unspecified atom stereocenters. The van der Waals surface area contributed by atoms with Gasteiger partial charge in [0.15, 0.2) is 0 Å². The van der Waals surface area contributed by atoms with E-state index in [0.29, 0.717) is 12.6 Å².